The average Bonchev–Trinajstić information content (AvgIpc) is 2.78. The second-order valence-electron chi connectivity index (χ2n) is 7.64. The predicted molar refractivity (Wildman–Crippen MR) is 95.0 cm³/mol. The van der Waals surface area contributed by atoms with Gasteiger partial charge in [0.2, 0.25) is 0 Å². The van der Waals surface area contributed by atoms with Crippen molar-refractivity contribution >= 4 is 13.2 Å². The molecule has 25 heavy (non-hydrogen) atoms. The van der Waals surface area contributed by atoms with Crippen LogP contribution in [0.3, 0.4) is 0 Å². The van der Waals surface area contributed by atoms with Crippen molar-refractivity contribution in [3.05, 3.63) is 40.0 Å². The number of ether oxygens (including phenoxy) is 1. The third-order valence-electron chi connectivity index (χ3n) is 5.36. The minimum Gasteiger partial charge on any atom is -0.398 e. The van der Waals surface area contributed by atoms with Crippen LogP contribution in [0, 0.1) is 0 Å². The molecule has 0 bridgehead atoms. The van der Waals surface area contributed by atoms with Crippen LogP contribution in [0.2, 0.25) is 0 Å². The van der Waals surface area contributed by atoms with Crippen LogP contribution in [0.5, 0.6) is 0 Å². The zero-order valence-corrected chi connectivity index (χ0v) is 15.3. The Morgan fingerprint density at radius 1 is 1.24 bits per heavy atom. The summed E-state index contributed by atoms with van der Waals surface area (Å²) in [4.78, 5) is 12.7. The van der Waals surface area contributed by atoms with Gasteiger partial charge < -0.3 is 18.6 Å². The van der Waals surface area contributed by atoms with E-state index in [9.17, 15) is 9.18 Å². The Hall–Kier alpha value is -1.44. The summed E-state index contributed by atoms with van der Waals surface area (Å²) < 4.78 is 33.1. The molecule has 0 aromatic carbocycles. The third-order valence-corrected chi connectivity index (χ3v) is 5.36. The topological polar surface area (TPSA) is 49.7 Å². The van der Waals surface area contributed by atoms with E-state index in [1.54, 1.807) is 22.9 Å². The first-order valence-corrected chi connectivity index (χ1v) is 8.73. The lowest BCUT2D eigenvalue weighted by Gasteiger charge is -2.32. The van der Waals surface area contributed by atoms with Crippen LogP contribution < -0.4 is 5.56 Å². The second-order valence-corrected chi connectivity index (χ2v) is 7.64. The molecule has 0 spiro atoms. The van der Waals surface area contributed by atoms with E-state index in [1.165, 1.54) is 6.08 Å². The summed E-state index contributed by atoms with van der Waals surface area (Å²) in [5.41, 5.74) is -1.76. The SMILES string of the molecule is CC1(C)OB(C(F)=Cc2cccn(C3CCOCC3)c2=O)OC1(C)C. The highest BCUT2D eigenvalue weighted by Crippen LogP contribution is 2.38. The molecule has 0 atom stereocenters. The zero-order chi connectivity index (χ0) is 18.2. The number of hydrogen-bond acceptors (Lipinski definition) is 4. The summed E-state index contributed by atoms with van der Waals surface area (Å²) >= 11 is 0. The van der Waals surface area contributed by atoms with Crippen LogP contribution in [-0.4, -0.2) is 36.1 Å². The van der Waals surface area contributed by atoms with Crippen LogP contribution in [0.15, 0.2) is 28.9 Å². The molecular weight excluding hydrogens is 324 g/mol. The highest BCUT2D eigenvalue weighted by Gasteiger charge is 2.53. The lowest BCUT2D eigenvalue weighted by atomic mass is 9.87. The molecule has 2 aliphatic heterocycles. The molecule has 0 amide bonds. The van der Waals surface area contributed by atoms with Gasteiger partial charge in [0.15, 0.2) is 0 Å². The quantitative estimate of drug-likeness (QED) is 0.787. The molecule has 2 saturated heterocycles. The number of nitrogens with zero attached hydrogens (tertiary/aromatic N) is 1. The number of pyridine rings is 1. The summed E-state index contributed by atoms with van der Waals surface area (Å²) in [5.74, 6) is 0. The van der Waals surface area contributed by atoms with Crippen molar-refractivity contribution in [1.29, 1.82) is 0 Å². The molecule has 5 nitrogen and oxygen atoms in total. The highest BCUT2D eigenvalue weighted by molar-refractivity contribution is 6.54. The van der Waals surface area contributed by atoms with Crippen LogP contribution >= 0.6 is 0 Å². The average molecular weight is 349 g/mol. The van der Waals surface area contributed by atoms with Crippen molar-refractivity contribution in [2.75, 3.05) is 13.2 Å². The molecule has 2 aliphatic rings. The van der Waals surface area contributed by atoms with Gasteiger partial charge in [-0.25, -0.2) is 4.39 Å². The Morgan fingerprint density at radius 3 is 2.44 bits per heavy atom. The molecule has 0 radical (unpaired) electrons. The number of halogens is 1. The van der Waals surface area contributed by atoms with Crippen LogP contribution in [0.25, 0.3) is 6.08 Å². The van der Waals surface area contributed by atoms with Gasteiger partial charge in [0, 0.05) is 31.0 Å². The predicted octanol–water partition coefficient (Wildman–Crippen LogP) is 3.14. The maximum atomic E-state index is 14.7. The van der Waals surface area contributed by atoms with Crippen LogP contribution in [0.4, 0.5) is 4.39 Å². The van der Waals surface area contributed by atoms with Gasteiger partial charge >= 0.3 is 7.12 Å². The number of rotatable bonds is 3. The van der Waals surface area contributed by atoms with Gasteiger partial charge in [0.05, 0.1) is 11.2 Å². The van der Waals surface area contributed by atoms with E-state index < -0.39 is 24.0 Å². The second kappa shape index (κ2) is 6.70. The van der Waals surface area contributed by atoms with Crippen molar-refractivity contribution in [1.82, 2.24) is 4.57 Å². The van der Waals surface area contributed by atoms with E-state index in [2.05, 4.69) is 0 Å². The maximum absolute atomic E-state index is 14.7. The lowest BCUT2D eigenvalue weighted by Crippen LogP contribution is -2.41. The summed E-state index contributed by atoms with van der Waals surface area (Å²) in [6, 6.07) is 3.47. The molecule has 7 heteroatoms. The molecule has 0 aliphatic carbocycles. The lowest BCUT2D eigenvalue weighted by molar-refractivity contribution is 0.00578. The van der Waals surface area contributed by atoms with E-state index in [0.717, 1.165) is 12.8 Å². The fraction of sp³-hybridized carbons (Fsp3) is 0.611. The van der Waals surface area contributed by atoms with Crippen molar-refractivity contribution in [3.63, 3.8) is 0 Å². The molecule has 3 rings (SSSR count). The minimum atomic E-state index is -1.10. The Bertz CT molecular complexity index is 706. The van der Waals surface area contributed by atoms with Gasteiger partial charge in [-0.05, 0) is 58.7 Å². The van der Waals surface area contributed by atoms with Crippen LogP contribution in [0.1, 0.15) is 52.1 Å². The first-order valence-electron chi connectivity index (χ1n) is 8.73. The van der Waals surface area contributed by atoms with E-state index in [4.69, 9.17) is 14.0 Å². The Morgan fingerprint density at radius 2 is 1.84 bits per heavy atom. The largest absolute Gasteiger partial charge is 0.525 e. The van der Waals surface area contributed by atoms with Crippen molar-refractivity contribution in [3.8, 4) is 0 Å². The standard InChI is InChI=1S/C18H25BFNO4/c1-17(2)18(3,4)25-19(24-17)15(20)12-13-6-5-9-21(16(13)22)14-7-10-23-11-8-14/h5-6,9,12,14H,7-8,10-11H2,1-4H3. The van der Waals surface area contributed by atoms with Crippen molar-refractivity contribution in [2.24, 2.45) is 0 Å². The third kappa shape index (κ3) is 3.59. The smallest absolute Gasteiger partial charge is 0.398 e. The van der Waals surface area contributed by atoms with Gasteiger partial charge in [0.1, 0.15) is 5.73 Å². The monoisotopic (exact) mass is 349 g/mol. The van der Waals surface area contributed by atoms with E-state index in [1.807, 2.05) is 27.7 Å². The van der Waals surface area contributed by atoms with Gasteiger partial charge in [0.25, 0.3) is 5.56 Å². The summed E-state index contributed by atoms with van der Waals surface area (Å²) in [7, 11) is -1.10. The summed E-state index contributed by atoms with van der Waals surface area (Å²) in [5, 5.41) is 0. The molecule has 3 heterocycles. The molecule has 0 unspecified atom stereocenters. The fourth-order valence-electron chi connectivity index (χ4n) is 3.06. The normalized spacial score (nSPS) is 23.9. The van der Waals surface area contributed by atoms with E-state index >= 15 is 0 Å². The van der Waals surface area contributed by atoms with E-state index in [0.29, 0.717) is 18.8 Å². The highest BCUT2D eigenvalue weighted by atomic mass is 19.1. The van der Waals surface area contributed by atoms with E-state index in [-0.39, 0.29) is 11.6 Å². The molecule has 1 aromatic heterocycles. The zero-order valence-electron chi connectivity index (χ0n) is 15.3. The Balaban J connectivity index is 1.85. The summed E-state index contributed by atoms with van der Waals surface area (Å²) in [6.45, 7) is 8.72. The molecule has 1 aromatic rings. The fourth-order valence-corrected chi connectivity index (χ4v) is 3.06. The van der Waals surface area contributed by atoms with Gasteiger partial charge in [-0.1, -0.05) is 0 Å². The Labute approximate surface area is 147 Å². The summed E-state index contributed by atoms with van der Waals surface area (Å²) in [6.07, 6.45) is 4.54. The minimum absolute atomic E-state index is 0.0921. The first-order chi connectivity index (χ1) is 11.7. The van der Waals surface area contributed by atoms with Gasteiger partial charge in [-0.15, -0.1) is 0 Å². The van der Waals surface area contributed by atoms with Gasteiger partial charge in [-0.2, -0.15) is 0 Å². The molecule has 0 saturated carbocycles. The van der Waals surface area contributed by atoms with Crippen molar-refractivity contribution < 1.29 is 18.4 Å². The van der Waals surface area contributed by atoms with Crippen LogP contribution in [-0.2, 0) is 14.0 Å². The maximum Gasteiger partial charge on any atom is 0.525 e. The molecule has 0 N–H and O–H groups in total. The Kier molecular flexibility index (Phi) is 4.92. The number of aromatic nitrogens is 1. The first kappa shape index (κ1) is 18.4. The van der Waals surface area contributed by atoms with Crippen molar-refractivity contribution in [2.45, 2.75) is 57.8 Å². The molecule has 136 valence electrons. The molecule has 2 fully saturated rings. The molecular formula is C18H25BFNO4. The number of hydrogen-bond donors (Lipinski definition) is 0. The van der Waals surface area contributed by atoms with Gasteiger partial charge in [-0.3, -0.25) is 4.79 Å².